The Balaban J connectivity index is 1.80. The van der Waals surface area contributed by atoms with E-state index in [9.17, 15) is 4.79 Å². The number of halogens is 1. The van der Waals surface area contributed by atoms with Crippen LogP contribution in [0.15, 0.2) is 36.4 Å². The zero-order chi connectivity index (χ0) is 16.8. The van der Waals surface area contributed by atoms with Gasteiger partial charge in [0.15, 0.2) is 0 Å². The maximum Gasteiger partial charge on any atom is 0.224 e. The van der Waals surface area contributed by atoms with Gasteiger partial charge in [-0.15, -0.1) is 0 Å². The van der Waals surface area contributed by atoms with E-state index in [1.807, 2.05) is 57.2 Å². The Hall–Kier alpha value is -2.00. The summed E-state index contributed by atoms with van der Waals surface area (Å²) in [5.74, 6) is 0.787. The molecule has 0 aliphatic heterocycles. The summed E-state index contributed by atoms with van der Waals surface area (Å²) in [5.41, 5.74) is 3.91. The van der Waals surface area contributed by atoms with Crippen molar-refractivity contribution in [3.8, 4) is 5.75 Å². The molecule has 1 amide bonds. The van der Waals surface area contributed by atoms with E-state index in [2.05, 4.69) is 5.32 Å². The molecule has 0 spiro atoms. The number of ether oxygens (including phenoxy) is 1. The molecule has 3 nitrogen and oxygen atoms in total. The number of amides is 1. The quantitative estimate of drug-likeness (QED) is 0.751. The van der Waals surface area contributed by atoms with Crippen LogP contribution in [0.5, 0.6) is 5.75 Å². The predicted molar refractivity (Wildman–Crippen MR) is 95.5 cm³/mol. The molecule has 0 atom stereocenters. The zero-order valence-electron chi connectivity index (χ0n) is 13.8. The molecule has 0 bridgehead atoms. The first kappa shape index (κ1) is 17.4. The van der Waals surface area contributed by atoms with E-state index in [0.717, 1.165) is 22.4 Å². The molecule has 122 valence electrons. The van der Waals surface area contributed by atoms with Crippen molar-refractivity contribution in [1.82, 2.24) is 0 Å². The molecule has 2 aromatic rings. The summed E-state index contributed by atoms with van der Waals surface area (Å²) >= 11 is 6.20. The van der Waals surface area contributed by atoms with Gasteiger partial charge in [0.2, 0.25) is 5.91 Å². The number of hydrogen-bond donors (Lipinski definition) is 1. The molecular weight excluding hydrogens is 310 g/mol. The van der Waals surface area contributed by atoms with Crippen LogP contribution in [0.1, 0.15) is 29.5 Å². The summed E-state index contributed by atoms with van der Waals surface area (Å²) in [7, 11) is 0. The third-order valence-corrected chi connectivity index (χ3v) is 3.80. The Morgan fingerprint density at radius 2 is 1.91 bits per heavy atom. The van der Waals surface area contributed by atoms with Crippen molar-refractivity contribution >= 4 is 23.2 Å². The number of hydrogen-bond acceptors (Lipinski definition) is 2. The Kier molecular flexibility index (Phi) is 6.05. The summed E-state index contributed by atoms with van der Waals surface area (Å²) in [5, 5.41) is 3.46. The number of anilines is 1. The van der Waals surface area contributed by atoms with Crippen molar-refractivity contribution in [3.05, 3.63) is 58.1 Å². The van der Waals surface area contributed by atoms with Crippen molar-refractivity contribution in [3.63, 3.8) is 0 Å². The van der Waals surface area contributed by atoms with E-state index >= 15 is 0 Å². The van der Waals surface area contributed by atoms with E-state index < -0.39 is 0 Å². The van der Waals surface area contributed by atoms with Crippen molar-refractivity contribution in [1.29, 1.82) is 0 Å². The van der Waals surface area contributed by atoms with E-state index in [1.165, 1.54) is 0 Å². The minimum Gasteiger partial charge on any atom is -0.494 e. The van der Waals surface area contributed by atoms with Gasteiger partial charge in [-0.2, -0.15) is 0 Å². The number of rotatable bonds is 6. The lowest BCUT2D eigenvalue weighted by atomic mass is 10.1. The molecule has 23 heavy (non-hydrogen) atoms. The van der Waals surface area contributed by atoms with Gasteiger partial charge in [0, 0.05) is 6.42 Å². The lowest BCUT2D eigenvalue weighted by Gasteiger charge is -2.12. The third kappa shape index (κ3) is 5.29. The molecule has 0 aliphatic carbocycles. The standard InChI is InChI=1S/C19H22ClNO2/c1-13-6-4-7-16(11-13)23-9-5-8-18(22)21-19-15(3)10-14(2)12-17(19)20/h4,6-7,10-12H,5,8-9H2,1-3H3,(H,21,22). The molecule has 0 radical (unpaired) electrons. The van der Waals surface area contributed by atoms with Gasteiger partial charge in [-0.3, -0.25) is 4.79 Å². The van der Waals surface area contributed by atoms with Gasteiger partial charge in [0.05, 0.1) is 17.3 Å². The highest BCUT2D eigenvalue weighted by molar-refractivity contribution is 6.34. The maximum absolute atomic E-state index is 12.0. The molecule has 2 rings (SSSR count). The average Bonchev–Trinajstić information content (AvgIpc) is 2.47. The Morgan fingerprint density at radius 1 is 1.13 bits per heavy atom. The summed E-state index contributed by atoms with van der Waals surface area (Å²) < 4.78 is 5.64. The number of carbonyl (C=O) groups excluding carboxylic acids is 1. The molecule has 2 aromatic carbocycles. The topological polar surface area (TPSA) is 38.3 Å². The number of nitrogens with one attached hydrogen (secondary N) is 1. The monoisotopic (exact) mass is 331 g/mol. The predicted octanol–water partition coefficient (Wildman–Crippen LogP) is 5.06. The number of carbonyl (C=O) groups is 1. The van der Waals surface area contributed by atoms with Crippen LogP contribution in [-0.4, -0.2) is 12.5 Å². The molecule has 0 saturated carbocycles. The van der Waals surface area contributed by atoms with Crippen LogP contribution in [-0.2, 0) is 4.79 Å². The summed E-state index contributed by atoms with van der Waals surface area (Å²) in [4.78, 5) is 12.0. The summed E-state index contributed by atoms with van der Waals surface area (Å²) in [6, 6.07) is 11.7. The van der Waals surface area contributed by atoms with Crippen LogP contribution < -0.4 is 10.1 Å². The fourth-order valence-electron chi connectivity index (χ4n) is 2.40. The molecule has 0 aliphatic rings. The minimum atomic E-state index is -0.0494. The number of benzene rings is 2. The first-order chi connectivity index (χ1) is 11.0. The minimum absolute atomic E-state index is 0.0494. The summed E-state index contributed by atoms with van der Waals surface area (Å²) in [6.45, 7) is 6.45. The molecule has 0 unspecified atom stereocenters. The molecule has 0 aromatic heterocycles. The van der Waals surface area contributed by atoms with E-state index in [4.69, 9.17) is 16.3 Å². The van der Waals surface area contributed by atoms with Crippen LogP contribution in [0.3, 0.4) is 0 Å². The summed E-state index contributed by atoms with van der Waals surface area (Å²) in [6.07, 6.45) is 1.05. The van der Waals surface area contributed by atoms with Crippen molar-refractivity contribution in [2.45, 2.75) is 33.6 Å². The highest BCUT2D eigenvalue weighted by Gasteiger charge is 2.09. The van der Waals surface area contributed by atoms with Crippen molar-refractivity contribution < 1.29 is 9.53 Å². The molecule has 0 saturated heterocycles. The molecule has 0 heterocycles. The molecule has 4 heteroatoms. The van der Waals surface area contributed by atoms with Crippen molar-refractivity contribution in [2.75, 3.05) is 11.9 Å². The van der Waals surface area contributed by atoms with Crippen LogP contribution >= 0.6 is 11.6 Å². The van der Waals surface area contributed by atoms with Gasteiger partial charge < -0.3 is 10.1 Å². The highest BCUT2D eigenvalue weighted by Crippen LogP contribution is 2.27. The van der Waals surface area contributed by atoms with Gasteiger partial charge in [-0.25, -0.2) is 0 Å². The second-order valence-corrected chi connectivity index (χ2v) is 6.16. The fourth-order valence-corrected chi connectivity index (χ4v) is 2.77. The largest absolute Gasteiger partial charge is 0.494 e. The smallest absolute Gasteiger partial charge is 0.224 e. The SMILES string of the molecule is Cc1cccc(OCCCC(=O)Nc2c(C)cc(C)cc2Cl)c1. The first-order valence-electron chi connectivity index (χ1n) is 7.72. The lowest BCUT2D eigenvalue weighted by molar-refractivity contribution is -0.116. The van der Waals surface area contributed by atoms with Crippen LogP contribution in [0, 0.1) is 20.8 Å². The van der Waals surface area contributed by atoms with Gasteiger partial charge in [-0.1, -0.05) is 29.8 Å². The third-order valence-electron chi connectivity index (χ3n) is 3.50. The second-order valence-electron chi connectivity index (χ2n) is 5.76. The average molecular weight is 332 g/mol. The van der Waals surface area contributed by atoms with Crippen LogP contribution in [0.2, 0.25) is 5.02 Å². The number of aryl methyl sites for hydroxylation is 3. The fraction of sp³-hybridized carbons (Fsp3) is 0.316. The molecule has 1 N–H and O–H groups in total. The van der Waals surface area contributed by atoms with Gasteiger partial charge in [0.1, 0.15) is 5.75 Å². The van der Waals surface area contributed by atoms with E-state index in [0.29, 0.717) is 30.2 Å². The first-order valence-corrected chi connectivity index (χ1v) is 8.09. The van der Waals surface area contributed by atoms with Crippen LogP contribution in [0.25, 0.3) is 0 Å². The zero-order valence-corrected chi connectivity index (χ0v) is 14.5. The van der Waals surface area contributed by atoms with Gasteiger partial charge in [0.25, 0.3) is 0 Å². The highest BCUT2D eigenvalue weighted by atomic mass is 35.5. The van der Waals surface area contributed by atoms with Crippen molar-refractivity contribution in [2.24, 2.45) is 0 Å². The lowest BCUT2D eigenvalue weighted by Crippen LogP contribution is -2.14. The molecular formula is C19H22ClNO2. The van der Waals surface area contributed by atoms with Crippen LogP contribution in [0.4, 0.5) is 5.69 Å². The van der Waals surface area contributed by atoms with E-state index in [1.54, 1.807) is 0 Å². The molecule has 0 fully saturated rings. The maximum atomic E-state index is 12.0. The second kappa shape index (κ2) is 8.02. The Morgan fingerprint density at radius 3 is 2.61 bits per heavy atom. The normalized spacial score (nSPS) is 10.4. The van der Waals surface area contributed by atoms with Gasteiger partial charge in [-0.05, 0) is 62.1 Å². The van der Waals surface area contributed by atoms with Gasteiger partial charge >= 0.3 is 0 Å². The Bertz CT molecular complexity index is 675. The van der Waals surface area contributed by atoms with E-state index in [-0.39, 0.29) is 5.91 Å². The Labute approximate surface area is 142 Å².